The molecule has 0 aliphatic heterocycles. The molecule has 0 spiro atoms. The third-order valence-corrected chi connectivity index (χ3v) is 5.60. The fourth-order valence-electron chi connectivity index (χ4n) is 2.72. The number of nitrogens with one attached hydrogen (secondary N) is 2. The molecule has 2 rings (SSSR count). The van der Waals surface area contributed by atoms with E-state index in [0.29, 0.717) is 17.7 Å². The lowest BCUT2D eigenvalue weighted by Crippen LogP contribution is -2.28. The number of benzene rings is 2. The number of hydrogen-bond acceptors (Lipinski definition) is 4. The number of anilines is 1. The molecule has 146 valence electrons. The molecule has 0 aliphatic carbocycles. The maximum absolute atomic E-state index is 12.6. The number of carbonyl (C=O) groups is 1. The maximum Gasteiger partial charge on any atom is 0.251 e. The van der Waals surface area contributed by atoms with E-state index in [1.165, 1.54) is 0 Å². The highest BCUT2D eigenvalue weighted by Gasteiger charge is 2.16. The highest BCUT2D eigenvalue weighted by Crippen LogP contribution is 2.21. The summed E-state index contributed by atoms with van der Waals surface area (Å²) >= 11 is 0. The van der Waals surface area contributed by atoms with Gasteiger partial charge in [-0.25, -0.2) is 8.42 Å². The quantitative estimate of drug-likeness (QED) is 0.683. The molecule has 2 N–H and O–H groups in total. The van der Waals surface area contributed by atoms with Crippen molar-refractivity contribution in [2.45, 2.75) is 32.7 Å². The van der Waals surface area contributed by atoms with E-state index in [4.69, 9.17) is 4.74 Å². The third-order valence-electron chi connectivity index (χ3n) is 4.10. The Morgan fingerprint density at radius 2 is 1.81 bits per heavy atom. The highest BCUT2D eigenvalue weighted by atomic mass is 32.2. The van der Waals surface area contributed by atoms with E-state index in [1.54, 1.807) is 38.3 Å². The molecule has 1 amide bonds. The van der Waals surface area contributed by atoms with E-state index >= 15 is 0 Å². The summed E-state index contributed by atoms with van der Waals surface area (Å²) in [5.41, 5.74) is 1.76. The van der Waals surface area contributed by atoms with Crippen molar-refractivity contribution < 1.29 is 17.9 Å². The van der Waals surface area contributed by atoms with Gasteiger partial charge in [-0.1, -0.05) is 32.0 Å². The molecule has 0 saturated heterocycles. The van der Waals surface area contributed by atoms with Gasteiger partial charge in [0.15, 0.2) is 0 Å². The van der Waals surface area contributed by atoms with Crippen molar-refractivity contribution in [3.63, 3.8) is 0 Å². The lowest BCUT2D eigenvalue weighted by atomic mass is 10.0. The van der Waals surface area contributed by atoms with Crippen LogP contribution in [0, 0.1) is 0 Å². The van der Waals surface area contributed by atoms with Crippen LogP contribution >= 0.6 is 0 Å². The number of carbonyl (C=O) groups excluding carboxylic acids is 1. The summed E-state index contributed by atoms with van der Waals surface area (Å²) in [6, 6.07) is 13.9. The van der Waals surface area contributed by atoms with Crippen LogP contribution in [0.4, 0.5) is 5.69 Å². The van der Waals surface area contributed by atoms with Crippen LogP contribution in [0.5, 0.6) is 5.75 Å². The van der Waals surface area contributed by atoms with Crippen molar-refractivity contribution in [3.05, 3.63) is 59.7 Å². The van der Waals surface area contributed by atoms with Crippen molar-refractivity contribution in [3.8, 4) is 5.75 Å². The minimum Gasteiger partial charge on any atom is -0.497 e. The van der Waals surface area contributed by atoms with Gasteiger partial charge in [0.2, 0.25) is 10.0 Å². The van der Waals surface area contributed by atoms with Crippen LogP contribution < -0.4 is 14.8 Å². The molecule has 2 aromatic rings. The zero-order valence-corrected chi connectivity index (χ0v) is 16.7. The van der Waals surface area contributed by atoms with Crippen LogP contribution in [-0.2, 0) is 10.0 Å². The Morgan fingerprint density at radius 3 is 2.41 bits per heavy atom. The van der Waals surface area contributed by atoms with Crippen molar-refractivity contribution in [2.24, 2.45) is 0 Å². The molecule has 0 aromatic heterocycles. The Bertz CT molecular complexity index is 864. The number of ether oxygens (including phenoxy) is 1. The van der Waals surface area contributed by atoms with Gasteiger partial charge < -0.3 is 10.1 Å². The van der Waals surface area contributed by atoms with Gasteiger partial charge in [0.1, 0.15) is 5.75 Å². The first kappa shape index (κ1) is 20.8. The summed E-state index contributed by atoms with van der Waals surface area (Å²) in [5, 5.41) is 2.99. The smallest absolute Gasteiger partial charge is 0.251 e. The monoisotopic (exact) mass is 390 g/mol. The van der Waals surface area contributed by atoms with Gasteiger partial charge in [-0.15, -0.1) is 0 Å². The fraction of sp³-hybridized carbons (Fsp3) is 0.350. The van der Waals surface area contributed by atoms with E-state index in [2.05, 4.69) is 10.0 Å². The van der Waals surface area contributed by atoms with Crippen LogP contribution in [0.1, 0.15) is 48.7 Å². The molecule has 2 aromatic carbocycles. The number of methoxy groups -OCH3 is 1. The molecule has 0 heterocycles. The minimum atomic E-state index is -3.40. The molecular formula is C20H26N2O4S. The molecule has 0 fully saturated rings. The van der Waals surface area contributed by atoms with Gasteiger partial charge in [0.25, 0.3) is 5.91 Å². The highest BCUT2D eigenvalue weighted by molar-refractivity contribution is 7.92. The molecule has 0 radical (unpaired) electrons. The molecular weight excluding hydrogens is 364 g/mol. The Labute approximate surface area is 161 Å². The van der Waals surface area contributed by atoms with Crippen molar-refractivity contribution in [1.82, 2.24) is 5.32 Å². The largest absolute Gasteiger partial charge is 0.497 e. The first-order valence-electron chi connectivity index (χ1n) is 8.94. The Balaban J connectivity index is 2.13. The zero-order chi connectivity index (χ0) is 19.9. The van der Waals surface area contributed by atoms with Crippen LogP contribution in [0.25, 0.3) is 0 Å². The summed E-state index contributed by atoms with van der Waals surface area (Å²) in [6.45, 7) is 3.79. The average Bonchev–Trinajstić information content (AvgIpc) is 2.65. The second kappa shape index (κ2) is 9.41. The third kappa shape index (κ3) is 5.99. The summed E-state index contributed by atoms with van der Waals surface area (Å²) in [5.74, 6) is 0.542. The SMILES string of the molecule is CCCS(=O)(=O)Nc1cccc(C(=O)NC(CC)c2ccc(OC)cc2)c1. The van der Waals surface area contributed by atoms with Crippen molar-refractivity contribution in [2.75, 3.05) is 17.6 Å². The number of hydrogen-bond donors (Lipinski definition) is 2. The summed E-state index contributed by atoms with van der Waals surface area (Å²) in [6.07, 6.45) is 1.25. The fourth-order valence-corrected chi connectivity index (χ4v) is 3.85. The van der Waals surface area contributed by atoms with Crippen LogP contribution in [-0.4, -0.2) is 27.2 Å². The molecule has 6 nitrogen and oxygen atoms in total. The van der Waals surface area contributed by atoms with E-state index in [0.717, 1.165) is 17.7 Å². The van der Waals surface area contributed by atoms with Gasteiger partial charge in [-0.05, 0) is 48.7 Å². The summed E-state index contributed by atoms with van der Waals surface area (Å²) in [4.78, 5) is 12.6. The summed E-state index contributed by atoms with van der Waals surface area (Å²) < 4.78 is 31.5. The van der Waals surface area contributed by atoms with Crippen molar-refractivity contribution in [1.29, 1.82) is 0 Å². The lowest BCUT2D eigenvalue weighted by molar-refractivity contribution is 0.0935. The van der Waals surface area contributed by atoms with Gasteiger partial charge in [-0.3, -0.25) is 9.52 Å². The number of amides is 1. The average molecular weight is 391 g/mol. The first-order chi connectivity index (χ1) is 12.9. The van der Waals surface area contributed by atoms with E-state index in [9.17, 15) is 13.2 Å². The van der Waals surface area contributed by atoms with Gasteiger partial charge >= 0.3 is 0 Å². The molecule has 27 heavy (non-hydrogen) atoms. The standard InChI is InChI=1S/C20H26N2O4S/c1-4-13-27(24,25)22-17-8-6-7-16(14-17)20(23)21-19(5-2)15-9-11-18(26-3)12-10-15/h6-12,14,19,22H,4-5,13H2,1-3H3,(H,21,23). The van der Waals surface area contributed by atoms with Gasteiger partial charge in [-0.2, -0.15) is 0 Å². The molecule has 1 atom stereocenters. The predicted molar refractivity (Wildman–Crippen MR) is 108 cm³/mol. The van der Waals surface area contributed by atoms with E-state index in [-0.39, 0.29) is 17.7 Å². The Morgan fingerprint density at radius 1 is 1.11 bits per heavy atom. The second-order valence-electron chi connectivity index (χ2n) is 6.21. The topological polar surface area (TPSA) is 84.5 Å². The molecule has 0 aliphatic rings. The normalized spacial score (nSPS) is 12.3. The lowest BCUT2D eigenvalue weighted by Gasteiger charge is -2.18. The van der Waals surface area contributed by atoms with Gasteiger partial charge in [0.05, 0.1) is 18.9 Å². The predicted octanol–water partition coefficient (Wildman–Crippen LogP) is 3.73. The number of sulfonamides is 1. The van der Waals surface area contributed by atoms with E-state index < -0.39 is 10.0 Å². The van der Waals surface area contributed by atoms with Crippen LogP contribution in [0.15, 0.2) is 48.5 Å². The minimum absolute atomic E-state index is 0.0405. The van der Waals surface area contributed by atoms with E-state index in [1.807, 2.05) is 31.2 Å². The zero-order valence-electron chi connectivity index (χ0n) is 15.9. The van der Waals surface area contributed by atoms with Crippen LogP contribution in [0.3, 0.4) is 0 Å². The molecule has 7 heteroatoms. The molecule has 0 bridgehead atoms. The first-order valence-corrected chi connectivity index (χ1v) is 10.6. The van der Waals surface area contributed by atoms with Crippen LogP contribution in [0.2, 0.25) is 0 Å². The Kier molecular flexibility index (Phi) is 7.24. The molecule has 1 unspecified atom stereocenters. The van der Waals surface area contributed by atoms with Crippen molar-refractivity contribution >= 4 is 21.6 Å². The Hall–Kier alpha value is -2.54. The number of rotatable bonds is 9. The molecule has 0 saturated carbocycles. The second-order valence-corrected chi connectivity index (χ2v) is 8.05. The summed E-state index contributed by atoms with van der Waals surface area (Å²) in [7, 11) is -1.79. The maximum atomic E-state index is 12.6. The van der Waals surface area contributed by atoms with Gasteiger partial charge in [0, 0.05) is 11.3 Å².